The van der Waals surface area contributed by atoms with Gasteiger partial charge in [-0.05, 0) is 6.72 Å². The molecule has 0 rings (SSSR count). The summed E-state index contributed by atoms with van der Waals surface area (Å²) in [4.78, 5) is 3.23. The van der Waals surface area contributed by atoms with E-state index in [0.29, 0.717) is 4.32 Å². The molecule has 1 radical (unpaired) electrons. The average Bonchev–Trinajstić information content (AvgIpc) is 1.38. The van der Waals surface area contributed by atoms with Gasteiger partial charge in [0.1, 0.15) is 0 Å². The zero-order valence-electron chi connectivity index (χ0n) is 2.89. The minimum absolute atomic E-state index is 0. The summed E-state index contributed by atoms with van der Waals surface area (Å²) in [7, 11) is 0. The molecule has 0 aliphatic rings. The second-order valence-corrected chi connectivity index (χ2v) is 1.55. The molecule has 0 spiro atoms. The number of hydrogen-bond donors (Lipinski definition) is 1. The van der Waals surface area contributed by atoms with Crippen molar-refractivity contribution in [2.45, 2.75) is 0 Å². The van der Waals surface area contributed by atoms with Crippen LogP contribution in [0.3, 0.4) is 0 Å². The fourth-order valence-corrected chi connectivity index (χ4v) is 0. The van der Waals surface area contributed by atoms with Crippen LogP contribution in [0.25, 0.3) is 0 Å². The third-order valence-corrected chi connectivity index (χ3v) is 0.406. The van der Waals surface area contributed by atoms with E-state index in [9.17, 15) is 0 Å². The largest absolute Gasteiger partial charge is 0.246 e. The van der Waals surface area contributed by atoms with E-state index in [2.05, 4.69) is 36.6 Å². The summed E-state index contributed by atoms with van der Waals surface area (Å²) >= 11 is 7.93. The van der Waals surface area contributed by atoms with E-state index in [1.807, 2.05) is 0 Å². The van der Waals surface area contributed by atoms with Crippen molar-refractivity contribution in [2.24, 2.45) is 4.99 Å². The van der Waals surface area contributed by atoms with Gasteiger partial charge in [0.15, 0.2) is 4.32 Å². The molecule has 0 aromatic heterocycles. The summed E-state index contributed by atoms with van der Waals surface area (Å²) in [6.45, 7) is 3.09. The predicted octanol–water partition coefficient (Wildman–Crippen LogP) is 0.899. The molecule has 0 fully saturated rings. The molecule has 0 aliphatic carbocycles. The van der Waals surface area contributed by atoms with Gasteiger partial charge >= 0.3 is 0 Å². The zero-order valence-corrected chi connectivity index (χ0v) is 5.78. The summed E-state index contributed by atoms with van der Waals surface area (Å²) in [6, 6.07) is 0. The number of aliphatic imine (C=N–C) groups is 1. The van der Waals surface area contributed by atoms with Crippen molar-refractivity contribution >= 4 is 35.9 Å². The third kappa shape index (κ3) is 8.82. The van der Waals surface area contributed by atoms with Crippen LogP contribution in [0.2, 0.25) is 0 Å². The minimum Gasteiger partial charge on any atom is -0.246 e. The SMILES string of the molecule is C=NC(=S)S.[Mn]. The molecule has 0 saturated heterocycles. The third-order valence-electron chi connectivity index (χ3n) is 0.135. The molecule has 0 heterocycles. The van der Waals surface area contributed by atoms with Gasteiger partial charge in [-0.25, -0.2) is 4.99 Å². The van der Waals surface area contributed by atoms with Crippen LogP contribution in [-0.4, -0.2) is 11.0 Å². The van der Waals surface area contributed by atoms with Crippen molar-refractivity contribution in [3.8, 4) is 0 Å². The van der Waals surface area contributed by atoms with Crippen molar-refractivity contribution in [2.75, 3.05) is 0 Å². The van der Waals surface area contributed by atoms with Crippen molar-refractivity contribution < 1.29 is 17.1 Å². The van der Waals surface area contributed by atoms with Gasteiger partial charge in [-0.1, -0.05) is 12.2 Å². The normalized spacial score (nSPS) is 5.50. The van der Waals surface area contributed by atoms with Gasteiger partial charge in [-0.15, -0.1) is 12.6 Å². The first-order chi connectivity index (χ1) is 2.27. The van der Waals surface area contributed by atoms with E-state index in [1.165, 1.54) is 0 Å². The molecule has 35 valence electrons. The first-order valence-corrected chi connectivity index (χ1v) is 1.82. The van der Waals surface area contributed by atoms with Crippen molar-refractivity contribution in [3.05, 3.63) is 0 Å². The van der Waals surface area contributed by atoms with Gasteiger partial charge < -0.3 is 0 Å². The van der Waals surface area contributed by atoms with Crippen molar-refractivity contribution in [1.82, 2.24) is 0 Å². The Morgan fingerprint density at radius 1 is 1.83 bits per heavy atom. The van der Waals surface area contributed by atoms with Crippen LogP contribution in [0.5, 0.6) is 0 Å². The summed E-state index contributed by atoms with van der Waals surface area (Å²) < 4.78 is 0.296. The Morgan fingerprint density at radius 2 is 2.00 bits per heavy atom. The molecule has 4 heteroatoms. The Morgan fingerprint density at radius 3 is 2.00 bits per heavy atom. The van der Waals surface area contributed by atoms with Crippen molar-refractivity contribution in [3.63, 3.8) is 0 Å². The van der Waals surface area contributed by atoms with Gasteiger partial charge in [0.2, 0.25) is 0 Å². The molecule has 1 nitrogen and oxygen atoms in total. The molecule has 0 bridgehead atoms. The summed E-state index contributed by atoms with van der Waals surface area (Å²) in [6.07, 6.45) is 0. The topological polar surface area (TPSA) is 12.4 Å². The second kappa shape index (κ2) is 5.63. The molecule has 0 N–H and O–H groups in total. The van der Waals surface area contributed by atoms with E-state index < -0.39 is 0 Å². The Hall–Kier alpha value is 0.629. The molecule has 0 atom stereocenters. The average molecular weight is 160 g/mol. The van der Waals surface area contributed by atoms with Gasteiger partial charge in [-0.2, -0.15) is 0 Å². The summed E-state index contributed by atoms with van der Waals surface area (Å²) in [5.41, 5.74) is 0. The maximum atomic E-state index is 4.33. The van der Waals surface area contributed by atoms with E-state index >= 15 is 0 Å². The van der Waals surface area contributed by atoms with Gasteiger partial charge in [0.05, 0.1) is 0 Å². The fraction of sp³-hybridized carbons (Fsp3) is 0. The molecular weight excluding hydrogens is 157 g/mol. The molecule has 0 unspecified atom stereocenters. The van der Waals surface area contributed by atoms with Crippen LogP contribution in [0.1, 0.15) is 0 Å². The van der Waals surface area contributed by atoms with Crippen LogP contribution < -0.4 is 0 Å². The number of thiocarbonyl (C=S) groups is 1. The van der Waals surface area contributed by atoms with Gasteiger partial charge in [-0.3, -0.25) is 0 Å². The minimum atomic E-state index is 0. The van der Waals surface area contributed by atoms with E-state index in [0.717, 1.165) is 0 Å². The van der Waals surface area contributed by atoms with Gasteiger partial charge in [0.25, 0.3) is 0 Å². The molecule has 0 aromatic carbocycles. The van der Waals surface area contributed by atoms with Crippen LogP contribution in [0.15, 0.2) is 4.99 Å². The predicted molar refractivity (Wildman–Crippen MR) is 31.1 cm³/mol. The molecule has 6 heavy (non-hydrogen) atoms. The van der Waals surface area contributed by atoms with Crippen LogP contribution in [-0.2, 0) is 17.1 Å². The fourth-order valence-electron chi connectivity index (χ4n) is 0. The molecule has 0 amide bonds. The van der Waals surface area contributed by atoms with E-state index in [1.54, 1.807) is 0 Å². The molecule has 0 saturated carbocycles. The quantitative estimate of drug-likeness (QED) is 0.240. The van der Waals surface area contributed by atoms with Crippen LogP contribution in [0, 0.1) is 0 Å². The molecule has 0 aliphatic heterocycles. The molecular formula is C2H3MnNS2. The van der Waals surface area contributed by atoms with Gasteiger partial charge in [0, 0.05) is 17.1 Å². The van der Waals surface area contributed by atoms with Crippen LogP contribution >= 0.6 is 24.8 Å². The number of rotatable bonds is 0. The summed E-state index contributed by atoms with van der Waals surface area (Å²) in [5, 5.41) is 0. The standard InChI is InChI=1S/C2H3NS2.Mn/c1-3-2(4)5;/h1H2,(H,4,5);. The first-order valence-electron chi connectivity index (χ1n) is 0.968. The first kappa shape index (κ1) is 9.80. The second-order valence-electron chi connectivity index (χ2n) is 0.441. The zero-order chi connectivity index (χ0) is 4.28. The van der Waals surface area contributed by atoms with E-state index in [-0.39, 0.29) is 17.1 Å². The Balaban J connectivity index is 0. The number of hydrogen-bond acceptors (Lipinski definition) is 1. The van der Waals surface area contributed by atoms with Crippen LogP contribution in [0.4, 0.5) is 0 Å². The molecule has 0 aromatic rings. The monoisotopic (exact) mass is 160 g/mol. The Kier molecular flexibility index (Phi) is 9.20. The number of nitrogens with zero attached hydrogens (tertiary/aromatic N) is 1. The van der Waals surface area contributed by atoms with Crippen molar-refractivity contribution in [1.29, 1.82) is 0 Å². The Labute approximate surface area is 58.1 Å². The maximum Gasteiger partial charge on any atom is 0.155 e. The van der Waals surface area contributed by atoms with E-state index in [4.69, 9.17) is 0 Å². The number of thiol groups is 1. The Bertz CT molecular complexity index is 62.6. The summed E-state index contributed by atoms with van der Waals surface area (Å²) in [5.74, 6) is 0. The maximum absolute atomic E-state index is 4.33. The smallest absolute Gasteiger partial charge is 0.155 e.